The van der Waals surface area contributed by atoms with E-state index < -0.39 is 24.3 Å². The van der Waals surface area contributed by atoms with Crippen molar-refractivity contribution in [2.75, 3.05) is 17.7 Å². The summed E-state index contributed by atoms with van der Waals surface area (Å²) in [6.07, 6.45) is 0. The first kappa shape index (κ1) is 17.9. The molecule has 0 radical (unpaired) electrons. The van der Waals surface area contributed by atoms with E-state index in [1.54, 1.807) is 31.2 Å². The van der Waals surface area contributed by atoms with Gasteiger partial charge >= 0.3 is 5.97 Å². The van der Waals surface area contributed by atoms with E-state index in [2.05, 4.69) is 10.3 Å². The zero-order chi connectivity index (χ0) is 18.5. The van der Waals surface area contributed by atoms with Crippen molar-refractivity contribution in [3.8, 4) is 0 Å². The molecule has 0 fully saturated rings. The highest BCUT2D eigenvalue weighted by Crippen LogP contribution is 2.23. The quantitative estimate of drug-likeness (QED) is 0.525. The van der Waals surface area contributed by atoms with Gasteiger partial charge in [0.15, 0.2) is 12.2 Å². The van der Waals surface area contributed by atoms with Crippen LogP contribution in [0.4, 0.5) is 10.1 Å². The van der Waals surface area contributed by atoms with Gasteiger partial charge in [-0.25, -0.2) is 9.37 Å². The Morgan fingerprint density at radius 3 is 2.85 bits per heavy atom. The van der Waals surface area contributed by atoms with Gasteiger partial charge in [-0.1, -0.05) is 30.0 Å². The Balaban J connectivity index is 1.44. The van der Waals surface area contributed by atoms with Gasteiger partial charge in [0.1, 0.15) is 17.1 Å². The summed E-state index contributed by atoms with van der Waals surface area (Å²) in [5.41, 5.74) is 2.11. The Hall–Kier alpha value is -2.87. The number of carbonyl (C=O) groups is 2. The fourth-order valence-corrected chi connectivity index (χ4v) is 2.73. The summed E-state index contributed by atoms with van der Waals surface area (Å²) in [4.78, 5) is 27.7. The highest BCUT2D eigenvalue weighted by Gasteiger charge is 2.12. The Morgan fingerprint density at radius 2 is 2.08 bits per heavy atom. The van der Waals surface area contributed by atoms with Gasteiger partial charge in [0.25, 0.3) is 11.1 Å². The number of para-hydroxylation sites is 2. The van der Waals surface area contributed by atoms with Crippen molar-refractivity contribution < 1.29 is 23.1 Å². The number of hydrogen-bond donors (Lipinski definition) is 1. The number of thioether (sulfide) groups is 1. The maximum atomic E-state index is 13.4. The summed E-state index contributed by atoms with van der Waals surface area (Å²) in [6.45, 7) is 1.17. The number of nitrogens with one attached hydrogen (secondary N) is 1. The normalized spacial score (nSPS) is 10.7. The smallest absolute Gasteiger partial charge is 0.316 e. The van der Waals surface area contributed by atoms with Crippen LogP contribution in [0.15, 0.2) is 52.1 Å². The highest BCUT2D eigenvalue weighted by atomic mass is 32.2. The van der Waals surface area contributed by atoms with Crippen molar-refractivity contribution >= 4 is 40.4 Å². The summed E-state index contributed by atoms with van der Waals surface area (Å²) in [6, 6.07) is 11.6. The van der Waals surface area contributed by atoms with E-state index in [0.717, 1.165) is 11.8 Å². The molecule has 3 rings (SSSR count). The van der Waals surface area contributed by atoms with Crippen LogP contribution in [0.1, 0.15) is 5.56 Å². The Labute approximate surface area is 152 Å². The number of hydrogen-bond acceptors (Lipinski definition) is 6. The van der Waals surface area contributed by atoms with Gasteiger partial charge in [-0.15, -0.1) is 0 Å². The van der Waals surface area contributed by atoms with E-state index in [1.165, 1.54) is 6.07 Å². The number of fused-ring (bicyclic) bond motifs is 1. The molecule has 1 heterocycles. The summed E-state index contributed by atoms with van der Waals surface area (Å²) >= 11 is 1.08. The molecule has 0 unspecified atom stereocenters. The van der Waals surface area contributed by atoms with Crippen LogP contribution in [-0.4, -0.2) is 29.2 Å². The minimum absolute atomic E-state index is 0.0424. The molecule has 0 atom stereocenters. The number of oxazole rings is 1. The van der Waals surface area contributed by atoms with Crippen LogP contribution in [0.25, 0.3) is 11.1 Å². The summed E-state index contributed by atoms with van der Waals surface area (Å²) < 4.78 is 23.8. The van der Waals surface area contributed by atoms with Crippen molar-refractivity contribution in [2.45, 2.75) is 12.1 Å². The number of esters is 1. The SMILES string of the molecule is Cc1ccc(NC(=O)COC(=O)CSc2nc3ccccc3o2)cc1F. The molecule has 6 nitrogen and oxygen atoms in total. The van der Waals surface area contributed by atoms with Crippen molar-refractivity contribution in [1.29, 1.82) is 0 Å². The molecule has 2 aromatic carbocycles. The molecular formula is C18H15FN2O4S. The number of aromatic nitrogens is 1. The van der Waals surface area contributed by atoms with E-state index in [0.29, 0.717) is 27.6 Å². The molecule has 1 amide bonds. The van der Waals surface area contributed by atoms with Gasteiger partial charge in [-0.3, -0.25) is 9.59 Å². The maximum absolute atomic E-state index is 13.4. The zero-order valence-corrected chi connectivity index (χ0v) is 14.6. The molecule has 0 saturated carbocycles. The second-order valence-corrected chi connectivity index (χ2v) is 6.34. The third-order valence-corrected chi connectivity index (χ3v) is 4.21. The van der Waals surface area contributed by atoms with Crippen LogP contribution in [0.2, 0.25) is 0 Å². The fourth-order valence-electron chi connectivity index (χ4n) is 2.09. The third-order valence-electron chi connectivity index (χ3n) is 3.41. The molecule has 26 heavy (non-hydrogen) atoms. The van der Waals surface area contributed by atoms with Crippen LogP contribution in [0.3, 0.4) is 0 Å². The molecule has 0 spiro atoms. The van der Waals surface area contributed by atoms with Crippen molar-refractivity contribution in [3.05, 3.63) is 53.8 Å². The van der Waals surface area contributed by atoms with Gasteiger partial charge in [-0.2, -0.15) is 0 Å². The predicted octanol–water partition coefficient (Wildman–Crippen LogP) is 3.55. The second-order valence-electron chi connectivity index (χ2n) is 5.41. The van der Waals surface area contributed by atoms with E-state index in [1.807, 2.05) is 12.1 Å². The number of ether oxygens (including phenoxy) is 1. The van der Waals surface area contributed by atoms with Gasteiger partial charge in [-0.05, 0) is 36.8 Å². The average molecular weight is 374 g/mol. The molecule has 8 heteroatoms. The number of benzene rings is 2. The zero-order valence-electron chi connectivity index (χ0n) is 13.8. The molecular weight excluding hydrogens is 359 g/mol. The minimum Gasteiger partial charge on any atom is -0.455 e. The lowest BCUT2D eigenvalue weighted by atomic mass is 10.2. The second kappa shape index (κ2) is 8.01. The van der Waals surface area contributed by atoms with Gasteiger partial charge in [0, 0.05) is 5.69 Å². The molecule has 0 aliphatic rings. The summed E-state index contributed by atoms with van der Waals surface area (Å²) in [5, 5.41) is 2.81. The number of nitrogens with zero attached hydrogens (tertiary/aromatic N) is 1. The highest BCUT2D eigenvalue weighted by molar-refractivity contribution is 7.99. The van der Waals surface area contributed by atoms with E-state index in [-0.39, 0.29) is 5.75 Å². The van der Waals surface area contributed by atoms with Crippen LogP contribution in [0.5, 0.6) is 0 Å². The van der Waals surface area contributed by atoms with Crippen molar-refractivity contribution in [3.63, 3.8) is 0 Å². The molecule has 0 aliphatic carbocycles. The molecule has 1 N–H and O–H groups in total. The number of carbonyl (C=O) groups excluding carboxylic acids is 2. The van der Waals surface area contributed by atoms with Crippen molar-refractivity contribution in [2.24, 2.45) is 0 Å². The lowest BCUT2D eigenvalue weighted by Crippen LogP contribution is -2.21. The first-order valence-electron chi connectivity index (χ1n) is 7.71. The summed E-state index contributed by atoms with van der Waals surface area (Å²) in [7, 11) is 0. The minimum atomic E-state index is -0.581. The van der Waals surface area contributed by atoms with Crippen LogP contribution in [-0.2, 0) is 14.3 Å². The largest absolute Gasteiger partial charge is 0.455 e. The van der Waals surface area contributed by atoms with Gasteiger partial charge in [0.2, 0.25) is 0 Å². The van der Waals surface area contributed by atoms with E-state index in [4.69, 9.17) is 9.15 Å². The maximum Gasteiger partial charge on any atom is 0.316 e. The topological polar surface area (TPSA) is 81.4 Å². The van der Waals surface area contributed by atoms with Crippen LogP contribution < -0.4 is 5.32 Å². The lowest BCUT2D eigenvalue weighted by Gasteiger charge is -2.07. The molecule has 134 valence electrons. The van der Waals surface area contributed by atoms with Gasteiger partial charge in [0.05, 0.1) is 0 Å². The van der Waals surface area contributed by atoms with E-state index in [9.17, 15) is 14.0 Å². The first-order valence-corrected chi connectivity index (χ1v) is 8.70. The Bertz CT molecular complexity index is 924. The Kier molecular flexibility index (Phi) is 5.52. The van der Waals surface area contributed by atoms with Crippen LogP contribution >= 0.6 is 11.8 Å². The number of rotatable bonds is 6. The average Bonchev–Trinajstić information content (AvgIpc) is 3.04. The number of aryl methyl sites for hydroxylation is 1. The fraction of sp³-hybridized carbons (Fsp3) is 0.167. The monoisotopic (exact) mass is 374 g/mol. The standard InChI is InChI=1S/C18H15FN2O4S/c1-11-6-7-12(8-13(11)19)20-16(22)9-24-17(23)10-26-18-21-14-4-2-3-5-15(14)25-18/h2-8H,9-10H2,1H3,(H,20,22). The van der Waals surface area contributed by atoms with E-state index >= 15 is 0 Å². The lowest BCUT2D eigenvalue weighted by molar-refractivity contribution is -0.144. The molecule has 1 aromatic heterocycles. The van der Waals surface area contributed by atoms with Crippen molar-refractivity contribution in [1.82, 2.24) is 4.98 Å². The molecule has 0 aliphatic heterocycles. The first-order chi connectivity index (χ1) is 12.5. The third kappa shape index (κ3) is 4.60. The molecule has 0 saturated heterocycles. The summed E-state index contributed by atoms with van der Waals surface area (Å²) in [5.74, 6) is -1.59. The van der Waals surface area contributed by atoms with Gasteiger partial charge < -0.3 is 14.5 Å². The molecule has 0 bridgehead atoms. The Morgan fingerprint density at radius 1 is 1.27 bits per heavy atom. The number of anilines is 1. The predicted molar refractivity (Wildman–Crippen MR) is 95.5 cm³/mol. The molecule has 3 aromatic rings. The number of halogens is 1. The van der Waals surface area contributed by atoms with Crippen LogP contribution in [0, 0.1) is 12.7 Å². The number of amides is 1.